The van der Waals surface area contributed by atoms with Gasteiger partial charge in [0.2, 0.25) is 0 Å². The van der Waals surface area contributed by atoms with Crippen molar-refractivity contribution < 1.29 is 4.79 Å². The van der Waals surface area contributed by atoms with Crippen LogP contribution in [0.4, 0.5) is 0 Å². The third-order valence-electron chi connectivity index (χ3n) is 5.37. The van der Waals surface area contributed by atoms with Crippen LogP contribution in [0, 0.1) is 11.3 Å². The van der Waals surface area contributed by atoms with E-state index >= 15 is 0 Å². The van der Waals surface area contributed by atoms with Crippen LogP contribution in [0.25, 0.3) is 0 Å². The monoisotopic (exact) mass is 286 g/mol. The van der Waals surface area contributed by atoms with Crippen LogP contribution < -0.4 is 0 Å². The van der Waals surface area contributed by atoms with Crippen molar-refractivity contribution in [3.63, 3.8) is 0 Å². The first-order valence-corrected chi connectivity index (χ1v) is 8.35. The Kier molecular flexibility index (Phi) is 4.91. The molecule has 2 aliphatic carbocycles. The van der Waals surface area contributed by atoms with Crippen LogP contribution in [0.2, 0.25) is 0 Å². The van der Waals surface area contributed by atoms with E-state index in [9.17, 15) is 4.79 Å². The van der Waals surface area contributed by atoms with Crippen molar-refractivity contribution >= 4 is 5.78 Å². The molecule has 0 bridgehead atoms. The lowest BCUT2D eigenvalue weighted by atomic mass is 9.72. The average Bonchev–Trinajstić information content (AvgIpc) is 2.64. The molecule has 0 radical (unpaired) electrons. The van der Waals surface area contributed by atoms with Gasteiger partial charge in [0.1, 0.15) is 0 Å². The van der Waals surface area contributed by atoms with Gasteiger partial charge in [0.15, 0.2) is 5.78 Å². The summed E-state index contributed by atoms with van der Waals surface area (Å²) in [5.41, 5.74) is 5.44. The second-order valence-corrected chi connectivity index (χ2v) is 7.60. The standard InChI is InChI=1S/C20H30O/c1-14(2)19-17-10-9-15(3)7-6-8-16(4)11-12-20(17,5)13-18(19)21/h7,11,17H,6,8-10,12-13H2,1-5H3/b15-7+,16-11+/t17-,20-/m0/s1. The van der Waals surface area contributed by atoms with E-state index in [0.29, 0.717) is 11.7 Å². The van der Waals surface area contributed by atoms with Gasteiger partial charge in [-0.25, -0.2) is 0 Å². The van der Waals surface area contributed by atoms with Crippen molar-refractivity contribution in [2.24, 2.45) is 11.3 Å². The third-order valence-corrected chi connectivity index (χ3v) is 5.37. The van der Waals surface area contributed by atoms with E-state index in [0.717, 1.165) is 44.1 Å². The number of fused-ring (bicyclic) bond motifs is 1. The van der Waals surface area contributed by atoms with E-state index in [4.69, 9.17) is 0 Å². The lowest BCUT2D eigenvalue weighted by molar-refractivity contribution is -0.115. The highest BCUT2D eigenvalue weighted by atomic mass is 16.1. The number of Topliss-reactive ketones (excluding diaryl/α,β-unsaturated/α-hetero) is 1. The molecule has 0 amide bonds. The van der Waals surface area contributed by atoms with Crippen molar-refractivity contribution in [3.05, 3.63) is 34.4 Å². The summed E-state index contributed by atoms with van der Waals surface area (Å²) in [7, 11) is 0. The first kappa shape index (κ1) is 16.3. The predicted octanol–water partition coefficient (Wildman–Crippen LogP) is 5.77. The Morgan fingerprint density at radius 2 is 1.81 bits per heavy atom. The van der Waals surface area contributed by atoms with E-state index in [1.807, 2.05) is 0 Å². The van der Waals surface area contributed by atoms with Gasteiger partial charge in [0, 0.05) is 6.42 Å². The van der Waals surface area contributed by atoms with Gasteiger partial charge in [-0.1, -0.05) is 35.8 Å². The normalized spacial score (nSPS) is 36.1. The number of hydrogen-bond acceptors (Lipinski definition) is 1. The van der Waals surface area contributed by atoms with E-state index < -0.39 is 0 Å². The first-order valence-electron chi connectivity index (χ1n) is 8.35. The third kappa shape index (κ3) is 3.56. The summed E-state index contributed by atoms with van der Waals surface area (Å²) >= 11 is 0. The average molecular weight is 286 g/mol. The highest BCUT2D eigenvalue weighted by Crippen LogP contribution is 2.51. The fourth-order valence-electron chi connectivity index (χ4n) is 3.99. The Balaban J connectivity index is 2.40. The summed E-state index contributed by atoms with van der Waals surface area (Å²) in [5.74, 6) is 0.827. The van der Waals surface area contributed by atoms with Gasteiger partial charge in [-0.15, -0.1) is 0 Å². The van der Waals surface area contributed by atoms with Gasteiger partial charge in [-0.3, -0.25) is 4.79 Å². The molecule has 2 rings (SSSR count). The zero-order valence-corrected chi connectivity index (χ0v) is 14.4. The molecule has 1 saturated carbocycles. The van der Waals surface area contributed by atoms with E-state index in [1.54, 1.807) is 0 Å². The molecule has 1 heteroatoms. The van der Waals surface area contributed by atoms with Crippen molar-refractivity contribution in [1.82, 2.24) is 0 Å². The van der Waals surface area contributed by atoms with Crippen LogP contribution in [0.5, 0.6) is 0 Å². The van der Waals surface area contributed by atoms with Crippen LogP contribution in [0.15, 0.2) is 34.4 Å². The molecule has 21 heavy (non-hydrogen) atoms. The van der Waals surface area contributed by atoms with E-state index in [-0.39, 0.29) is 5.41 Å². The second-order valence-electron chi connectivity index (χ2n) is 7.60. The number of allylic oxidation sites excluding steroid dienone is 6. The Hall–Kier alpha value is -1.11. The van der Waals surface area contributed by atoms with Crippen molar-refractivity contribution in [1.29, 1.82) is 0 Å². The van der Waals surface area contributed by atoms with Crippen molar-refractivity contribution in [2.45, 2.75) is 73.1 Å². The Morgan fingerprint density at radius 3 is 2.48 bits per heavy atom. The predicted molar refractivity (Wildman–Crippen MR) is 90.2 cm³/mol. The van der Waals surface area contributed by atoms with E-state index in [2.05, 4.69) is 46.8 Å². The molecule has 0 heterocycles. The topological polar surface area (TPSA) is 17.1 Å². The van der Waals surface area contributed by atoms with Crippen LogP contribution in [0.3, 0.4) is 0 Å². The Bertz CT molecular complexity index is 514. The largest absolute Gasteiger partial charge is 0.295 e. The smallest absolute Gasteiger partial charge is 0.159 e. The zero-order chi connectivity index (χ0) is 15.6. The van der Waals surface area contributed by atoms with Crippen molar-refractivity contribution in [3.8, 4) is 0 Å². The summed E-state index contributed by atoms with van der Waals surface area (Å²) in [6, 6.07) is 0. The van der Waals surface area contributed by atoms with Gasteiger partial charge in [-0.2, -0.15) is 0 Å². The zero-order valence-electron chi connectivity index (χ0n) is 14.4. The van der Waals surface area contributed by atoms with Gasteiger partial charge >= 0.3 is 0 Å². The van der Waals surface area contributed by atoms with Crippen LogP contribution in [0.1, 0.15) is 73.1 Å². The molecule has 1 fully saturated rings. The Morgan fingerprint density at radius 1 is 1.14 bits per heavy atom. The maximum absolute atomic E-state index is 12.5. The summed E-state index contributed by atoms with van der Waals surface area (Å²) in [5, 5.41) is 0. The minimum absolute atomic E-state index is 0.121. The molecule has 0 aliphatic heterocycles. The Labute approximate surface area is 130 Å². The molecule has 2 aliphatic rings. The minimum Gasteiger partial charge on any atom is -0.295 e. The molecule has 116 valence electrons. The van der Waals surface area contributed by atoms with Crippen LogP contribution in [-0.2, 0) is 4.79 Å². The molecule has 0 spiro atoms. The molecule has 0 N–H and O–H groups in total. The fraction of sp³-hybridized carbons (Fsp3) is 0.650. The highest BCUT2D eigenvalue weighted by molar-refractivity contribution is 5.99. The van der Waals surface area contributed by atoms with Crippen LogP contribution in [-0.4, -0.2) is 5.78 Å². The van der Waals surface area contributed by atoms with E-state index in [1.165, 1.54) is 16.7 Å². The molecule has 0 aromatic carbocycles. The van der Waals surface area contributed by atoms with Gasteiger partial charge in [0.25, 0.3) is 0 Å². The molecule has 0 unspecified atom stereocenters. The molecule has 0 aromatic heterocycles. The molecular weight excluding hydrogens is 256 g/mol. The number of carbonyl (C=O) groups excluding carboxylic acids is 1. The maximum Gasteiger partial charge on any atom is 0.159 e. The summed E-state index contributed by atoms with van der Waals surface area (Å²) in [6.45, 7) is 11.0. The lowest BCUT2D eigenvalue weighted by Crippen LogP contribution is -2.22. The summed E-state index contributed by atoms with van der Waals surface area (Å²) < 4.78 is 0. The molecule has 0 aromatic rings. The second kappa shape index (κ2) is 6.34. The molecule has 2 atom stereocenters. The summed E-state index contributed by atoms with van der Waals surface area (Å²) in [6.07, 6.45) is 11.1. The van der Waals surface area contributed by atoms with Gasteiger partial charge in [0.05, 0.1) is 0 Å². The van der Waals surface area contributed by atoms with Gasteiger partial charge in [-0.05, 0) is 76.7 Å². The lowest BCUT2D eigenvalue weighted by Gasteiger charge is -2.31. The highest BCUT2D eigenvalue weighted by Gasteiger charge is 2.46. The SMILES string of the molecule is CC(C)=C1C(=O)C[C@]2(C)C/C=C(\C)CC/C=C(\C)CC[C@@H]12. The number of hydrogen-bond donors (Lipinski definition) is 0. The summed E-state index contributed by atoms with van der Waals surface area (Å²) in [4.78, 5) is 12.5. The quantitative estimate of drug-likeness (QED) is 0.408. The molecular formula is C20H30O. The fourth-order valence-corrected chi connectivity index (χ4v) is 3.99. The van der Waals surface area contributed by atoms with Crippen molar-refractivity contribution in [2.75, 3.05) is 0 Å². The number of ketones is 1. The number of rotatable bonds is 0. The molecule has 0 saturated heterocycles. The minimum atomic E-state index is 0.121. The van der Waals surface area contributed by atoms with Crippen LogP contribution >= 0.6 is 0 Å². The first-order chi connectivity index (χ1) is 9.83. The number of carbonyl (C=O) groups is 1. The van der Waals surface area contributed by atoms with Gasteiger partial charge < -0.3 is 0 Å². The maximum atomic E-state index is 12.5. The molecule has 1 nitrogen and oxygen atoms in total.